The van der Waals surface area contributed by atoms with Crippen molar-refractivity contribution in [3.63, 3.8) is 0 Å². The summed E-state index contributed by atoms with van der Waals surface area (Å²) in [6.45, 7) is 11.2. The summed E-state index contributed by atoms with van der Waals surface area (Å²) in [6.07, 6.45) is 2.90. The number of rotatable bonds is 6. The molecule has 1 aliphatic carbocycles. The summed E-state index contributed by atoms with van der Waals surface area (Å²) >= 11 is 3.50. The highest BCUT2D eigenvalue weighted by molar-refractivity contribution is 9.11. The zero-order valence-electron chi connectivity index (χ0n) is 16.0. The minimum atomic E-state index is -0.509. The molecule has 25 heavy (non-hydrogen) atoms. The van der Waals surface area contributed by atoms with Crippen LogP contribution >= 0.6 is 15.9 Å². The van der Waals surface area contributed by atoms with E-state index < -0.39 is 23.8 Å². The average Bonchev–Trinajstić information content (AvgIpc) is 2.45. The van der Waals surface area contributed by atoms with Gasteiger partial charge in [0.05, 0.1) is 12.1 Å². The molecular formula is C18H31BrN2O4. The number of alkyl carbamates (subject to hydrolysis) is 1. The molecule has 0 heterocycles. The number of nitrogens with one attached hydrogen (secondary N) is 2. The Kier molecular flexibility index (Phi) is 8.41. The molecule has 7 heteroatoms. The van der Waals surface area contributed by atoms with Crippen LogP contribution in [0.5, 0.6) is 0 Å². The fourth-order valence-electron chi connectivity index (χ4n) is 2.71. The third-order valence-corrected chi connectivity index (χ3v) is 4.45. The zero-order chi connectivity index (χ0) is 19.2. The van der Waals surface area contributed by atoms with E-state index in [1.54, 1.807) is 0 Å². The second-order valence-corrected chi connectivity index (χ2v) is 8.42. The molecule has 0 aromatic heterocycles. The van der Waals surface area contributed by atoms with Crippen LogP contribution in [0.4, 0.5) is 4.79 Å². The molecule has 0 radical (unpaired) electrons. The Hall–Kier alpha value is -1.08. The number of carbonyl (C=O) groups is 2. The van der Waals surface area contributed by atoms with Crippen LogP contribution in [0, 0.1) is 0 Å². The van der Waals surface area contributed by atoms with Crippen molar-refractivity contribution in [1.29, 1.82) is 0 Å². The van der Waals surface area contributed by atoms with Gasteiger partial charge in [-0.15, -0.1) is 0 Å². The molecule has 0 aromatic carbocycles. The average molecular weight is 419 g/mol. The fraction of sp³-hybridized carbons (Fsp3) is 0.778. The molecule has 0 unspecified atom stereocenters. The lowest BCUT2D eigenvalue weighted by molar-refractivity contribution is -0.123. The van der Waals surface area contributed by atoms with Crippen LogP contribution in [0.3, 0.4) is 0 Å². The SMILES string of the molecule is CCC(CC)O[C@@H]1C=C(Br)C[C@H](OC(=O)NC(C)(C)C)[C@H]1NC(C)=O. The van der Waals surface area contributed by atoms with Gasteiger partial charge in [0.2, 0.25) is 5.91 Å². The predicted octanol–water partition coefficient (Wildman–Crippen LogP) is 3.64. The van der Waals surface area contributed by atoms with E-state index in [4.69, 9.17) is 9.47 Å². The molecular weight excluding hydrogens is 388 g/mol. The molecule has 1 rings (SSSR count). The first-order chi connectivity index (χ1) is 11.6. The van der Waals surface area contributed by atoms with Crippen LogP contribution in [0.2, 0.25) is 0 Å². The van der Waals surface area contributed by atoms with Crippen molar-refractivity contribution >= 4 is 27.9 Å². The Balaban J connectivity index is 2.95. The number of ether oxygens (including phenoxy) is 2. The van der Waals surface area contributed by atoms with Gasteiger partial charge in [0.1, 0.15) is 12.2 Å². The molecule has 0 bridgehead atoms. The minimum absolute atomic E-state index is 0.0833. The Morgan fingerprint density at radius 1 is 1.32 bits per heavy atom. The van der Waals surface area contributed by atoms with Gasteiger partial charge < -0.3 is 20.1 Å². The smallest absolute Gasteiger partial charge is 0.407 e. The van der Waals surface area contributed by atoms with E-state index >= 15 is 0 Å². The molecule has 0 saturated heterocycles. The van der Waals surface area contributed by atoms with Gasteiger partial charge in [-0.2, -0.15) is 0 Å². The lowest BCUT2D eigenvalue weighted by Crippen LogP contribution is -2.55. The predicted molar refractivity (Wildman–Crippen MR) is 102 cm³/mol. The van der Waals surface area contributed by atoms with Crippen molar-refractivity contribution in [2.45, 2.75) is 90.7 Å². The Morgan fingerprint density at radius 3 is 2.40 bits per heavy atom. The van der Waals surface area contributed by atoms with E-state index in [-0.39, 0.29) is 18.1 Å². The van der Waals surface area contributed by atoms with Crippen LogP contribution in [0.25, 0.3) is 0 Å². The van der Waals surface area contributed by atoms with E-state index in [1.165, 1.54) is 6.92 Å². The van der Waals surface area contributed by atoms with Crippen LogP contribution in [0.15, 0.2) is 10.6 Å². The normalized spacial score (nSPS) is 23.8. The maximum Gasteiger partial charge on any atom is 0.407 e. The van der Waals surface area contributed by atoms with Crippen molar-refractivity contribution < 1.29 is 19.1 Å². The van der Waals surface area contributed by atoms with Crippen LogP contribution < -0.4 is 10.6 Å². The van der Waals surface area contributed by atoms with Crippen LogP contribution in [-0.4, -0.2) is 41.9 Å². The molecule has 0 aliphatic heterocycles. The van der Waals surface area contributed by atoms with Crippen molar-refractivity contribution in [2.24, 2.45) is 0 Å². The molecule has 0 fully saturated rings. The zero-order valence-corrected chi connectivity index (χ0v) is 17.6. The van der Waals surface area contributed by atoms with Gasteiger partial charge in [-0.1, -0.05) is 29.8 Å². The summed E-state index contributed by atoms with van der Waals surface area (Å²) < 4.78 is 12.7. The van der Waals surface area contributed by atoms with Gasteiger partial charge in [0.25, 0.3) is 0 Å². The van der Waals surface area contributed by atoms with E-state index in [2.05, 4.69) is 40.4 Å². The number of amides is 2. The summed E-state index contributed by atoms with van der Waals surface area (Å²) in [4.78, 5) is 23.9. The molecule has 2 N–H and O–H groups in total. The van der Waals surface area contributed by atoms with E-state index in [0.29, 0.717) is 6.42 Å². The largest absolute Gasteiger partial charge is 0.444 e. The summed E-state index contributed by atoms with van der Waals surface area (Å²) in [5.74, 6) is -0.181. The second-order valence-electron chi connectivity index (χ2n) is 7.40. The maximum absolute atomic E-state index is 12.2. The first-order valence-corrected chi connectivity index (χ1v) is 9.62. The first kappa shape index (κ1) is 22.0. The molecule has 1 aliphatic rings. The van der Waals surface area contributed by atoms with Gasteiger partial charge in [0, 0.05) is 18.9 Å². The molecule has 144 valence electrons. The summed E-state index contributed by atoms with van der Waals surface area (Å²) in [7, 11) is 0. The van der Waals surface area contributed by atoms with E-state index in [0.717, 1.165) is 17.3 Å². The highest BCUT2D eigenvalue weighted by Crippen LogP contribution is 2.29. The molecule has 2 amide bonds. The highest BCUT2D eigenvalue weighted by Gasteiger charge is 2.38. The molecule has 6 nitrogen and oxygen atoms in total. The molecule has 0 saturated carbocycles. The van der Waals surface area contributed by atoms with Gasteiger partial charge >= 0.3 is 6.09 Å². The van der Waals surface area contributed by atoms with Gasteiger partial charge in [0.15, 0.2) is 0 Å². The summed E-state index contributed by atoms with van der Waals surface area (Å²) in [5, 5.41) is 5.67. The Labute approximate surface area is 159 Å². The topological polar surface area (TPSA) is 76.7 Å². The van der Waals surface area contributed by atoms with Crippen molar-refractivity contribution in [2.75, 3.05) is 0 Å². The number of halogens is 1. The first-order valence-electron chi connectivity index (χ1n) is 8.83. The van der Waals surface area contributed by atoms with E-state index in [9.17, 15) is 9.59 Å². The third kappa shape index (κ3) is 7.77. The van der Waals surface area contributed by atoms with Crippen LogP contribution in [-0.2, 0) is 14.3 Å². The number of hydrogen-bond acceptors (Lipinski definition) is 4. The Bertz CT molecular complexity index is 498. The maximum atomic E-state index is 12.2. The fourth-order valence-corrected chi connectivity index (χ4v) is 3.29. The molecule has 0 aromatic rings. The monoisotopic (exact) mass is 418 g/mol. The summed E-state index contributed by atoms with van der Waals surface area (Å²) in [6, 6.07) is -0.426. The third-order valence-electron chi connectivity index (χ3n) is 3.86. The van der Waals surface area contributed by atoms with Gasteiger partial charge in [-0.05, 0) is 44.2 Å². The molecule has 3 atom stereocenters. The minimum Gasteiger partial charge on any atom is -0.444 e. The van der Waals surface area contributed by atoms with Crippen LogP contribution in [0.1, 0.15) is 60.8 Å². The Morgan fingerprint density at radius 2 is 1.92 bits per heavy atom. The van der Waals surface area contributed by atoms with Gasteiger partial charge in [-0.25, -0.2) is 4.79 Å². The quantitative estimate of drug-likeness (QED) is 0.689. The number of hydrogen-bond donors (Lipinski definition) is 2. The van der Waals surface area contributed by atoms with E-state index in [1.807, 2.05) is 26.8 Å². The second kappa shape index (κ2) is 9.57. The highest BCUT2D eigenvalue weighted by atomic mass is 79.9. The van der Waals surface area contributed by atoms with Gasteiger partial charge in [-0.3, -0.25) is 4.79 Å². The lowest BCUT2D eigenvalue weighted by atomic mass is 9.95. The number of carbonyl (C=O) groups excluding carboxylic acids is 2. The van der Waals surface area contributed by atoms with Crippen molar-refractivity contribution in [3.05, 3.63) is 10.6 Å². The standard InChI is InChI=1S/C18H31BrN2O4/c1-7-13(8-2)24-14-9-12(19)10-15(16(14)20-11(3)22)25-17(23)21-18(4,5)6/h9,13-16H,7-8,10H2,1-6H3,(H,20,22)(H,21,23)/t14-,15+,16+/m1/s1. The van der Waals surface area contributed by atoms with Crippen molar-refractivity contribution in [1.82, 2.24) is 10.6 Å². The summed E-state index contributed by atoms with van der Waals surface area (Å²) in [5.41, 5.74) is -0.395. The molecule has 0 spiro atoms. The lowest BCUT2D eigenvalue weighted by Gasteiger charge is -2.37. The van der Waals surface area contributed by atoms with Crippen molar-refractivity contribution in [3.8, 4) is 0 Å².